The number of thioether (sulfide) groups is 1. The number of morpholine rings is 1. The fourth-order valence-electron chi connectivity index (χ4n) is 3.72. The van der Waals surface area contributed by atoms with Crippen LogP contribution in [0, 0.1) is 6.92 Å². The average molecular weight is 448 g/mol. The summed E-state index contributed by atoms with van der Waals surface area (Å²) < 4.78 is 11.5. The topological polar surface area (TPSA) is 77.2 Å². The molecule has 1 aliphatic heterocycles. The Labute approximate surface area is 191 Å². The molecule has 0 bridgehead atoms. The number of rotatable bonds is 6. The molecule has 0 amide bonds. The normalized spacial score (nSPS) is 15.8. The zero-order valence-corrected chi connectivity index (χ0v) is 19.0. The Balaban J connectivity index is 1.40. The molecule has 8 heteroatoms. The molecule has 1 aliphatic rings. The number of nitrogens with zero attached hydrogens (tertiary/aromatic N) is 5. The van der Waals surface area contributed by atoms with E-state index < -0.39 is 0 Å². The molecule has 0 unspecified atom stereocenters. The summed E-state index contributed by atoms with van der Waals surface area (Å²) in [6.07, 6.45) is 0. The van der Waals surface area contributed by atoms with Crippen molar-refractivity contribution in [1.82, 2.24) is 25.1 Å². The first-order valence-corrected chi connectivity index (χ1v) is 11.7. The van der Waals surface area contributed by atoms with Crippen molar-refractivity contribution in [3.63, 3.8) is 0 Å². The summed E-state index contributed by atoms with van der Waals surface area (Å²) in [6, 6.07) is 16.2. The molecule has 4 aromatic rings. The lowest BCUT2D eigenvalue weighted by molar-refractivity contribution is 0.0330. The van der Waals surface area contributed by atoms with Crippen LogP contribution in [0.5, 0.6) is 0 Å². The molecule has 1 atom stereocenters. The van der Waals surface area contributed by atoms with Crippen LogP contribution < -0.4 is 0 Å². The summed E-state index contributed by atoms with van der Waals surface area (Å²) in [5.41, 5.74) is 3.04. The first-order valence-electron chi connectivity index (χ1n) is 10.8. The van der Waals surface area contributed by atoms with Crippen molar-refractivity contribution in [2.75, 3.05) is 26.3 Å². The van der Waals surface area contributed by atoms with Crippen LogP contribution >= 0.6 is 11.8 Å². The molecule has 7 nitrogen and oxygen atoms in total. The first-order chi connectivity index (χ1) is 15.7. The smallest absolute Gasteiger partial charge is 0.247 e. The van der Waals surface area contributed by atoms with Crippen LogP contribution in [0.1, 0.15) is 29.5 Å². The lowest BCUT2D eigenvalue weighted by atomic mass is 10.1. The molecule has 3 heterocycles. The van der Waals surface area contributed by atoms with Gasteiger partial charge in [0, 0.05) is 24.0 Å². The summed E-state index contributed by atoms with van der Waals surface area (Å²) in [5.74, 6) is 1.95. The summed E-state index contributed by atoms with van der Waals surface area (Å²) in [4.78, 5) is 12.1. The van der Waals surface area contributed by atoms with E-state index in [0.717, 1.165) is 59.2 Å². The maximum atomic E-state index is 6.01. The van der Waals surface area contributed by atoms with E-state index >= 15 is 0 Å². The fraction of sp³-hybridized carbons (Fsp3) is 0.333. The standard InChI is InChI=1S/C24H25N5O2S/c1-16-6-5-7-18(14-16)23-28-27-22(31-23)17(2)32-24-19-8-3-4-9-20(19)25-21(26-24)15-29-10-12-30-13-11-29/h3-9,14,17H,10-13,15H2,1-2H3/t17-/m1/s1. The van der Waals surface area contributed by atoms with Gasteiger partial charge >= 0.3 is 0 Å². The molecule has 0 spiro atoms. The maximum absolute atomic E-state index is 6.01. The number of aromatic nitrogens is 4. The molecule has 164 valence electrons. The molecular formula is C24H25N5O2S. The Kier molecular flexibility index (Phi) is 6.16. The summed E-state index contributed by atoms with van der Waals surface area (Å²) in [5, 5.41) is 10.5. The lowest BCUT2D eigenvalue weighted by Crippen LogP contribution is -2.36. The van der Waals surface area contributed by atoms with Gasteiger partial charge in [0.25, 0.3) is 0 Å². The third kappa shape index (κ3) is 4.67. The predicted octanol–water partition coefficient (Wildman–Crippen LogP) is 4.67. The van der Waals surface area contributed by atoms with Gasteiger partial charge in [0.1, 0.15) is 10.9 Å². The van der Waals surface area contributed by atoms with Crippen molar-refractivity contribution < 1.29 is 9.15 Å². The second kappa shape index (κ2) is 9.36. The van der Waals surface area contributed by atoms with E-state index in [1.807, 2.05) is 49.4 Å². The average Bonchev–Trinajstić information content (AvgIpc) is 3.30. The van der Waals surface area contributed by atoms with Crippen LogP contribution in [0.4, 0.5) is 0 Å². The first kappa shape index (κ1) is 21.1. The van der Waals surface area contributed by atoms with E-state index in [2.05, 4.69) is 28.1 Å². The van der Waals surface area contributed by atoms with Gasteiger partial charge in [0.15, 0.2) is 0 Å². The van der Waals surface area contributed by atoms with Crippen molar-refractivity contribution in [2.45, 2.75) is 30.7 Å². The van der Waals surface area contributed by atoms with Gasteiger partial charge in [-0.05, 0) is 32.0 Å². The van der Waals surface area contributed by atoms with Crippen LogP contribution in [-0.4, -0.2) is 51.4 Å². The van der Waals surface area contributed by atoms with Crippen molar-refractivity contribution in [2.24, 2.45) is 0 Å². The van der Waals surface area contributed by atoms with Gasteiger partial charge in [0.05, 0.1) is 30.5 Å². The number of hydrogen-bond donors (Lipinski definition) is 0. The van der Waals surface area contributed by atoms with E-state index in [4.69, 9.17) is 19.1 Å². The highest BCUT2D eigenvalue weighted by atomic mass is 32.2. The van der Waals surface area contributed by atoms with Gasteiger partial charge in [-0.3, -0.25) is 4.90 Å². The van der Waals surface area contributed by atoms with Crippen LogP contribution in [-0.2, 0) is 11.3 Å². The largest absolute Gasteiger partial charge is 0.419 e. The number of fused-ring (bicyclic) bond motifs is 1. The van der Waals surface area contributed by atoms with Crippen molar-refractivity contribution in [3.8, 4) is 11.5 Å². The van der Waals surface area contributed by atoms with E-state index in [0.29, 0.717) is 18.3 Å². The van der Waals surface area contributed by atoms with Crippen molar-refractivity contribution in [1.29, 1.82) is 0 Å². The van der Waals surface area contributed by atoms with Gasteiger partial charge < -0.3 is 9.15 Å². The molecule has 2 aromatic carbocycles. The number of hydrogen-bond acceptors (Lipinski definition) is 8. The molecule has 32 heavy (non-hydrogen) atoms. The zero-order chi connectivity index (χ0) is 21.9. The van der Waals surface area contributed by atoms with E-state index in [1.54, 1.807) is 11.8 Å². The Morgan fingerprint density at radius 2 is 1.88 bits per heavy atom. The minimum atomic E-state index is -0.0457. The van der Waals surface area contributed by atoms with E-state index in [-0.39, 0.29) is 5.25 Å². The molecule has 2 aromatic heterocycles. The summed E-state index contributed by atoms with van der Waals surface area (Å²) >= 11 is 1.62. The molecule has 1 saturated heterocycles. The Morgan fingerprint density at radius 1 is 1.03 bits per heavy atom. The fourth-order valence-corrected chi connectivity index (χ4v) is 4.71. The second-order valence-electron chi connectivity index (χ2n) is 7.93. The molecule has 0 N–H and O–H groups in total. The molecule has 0 saturated carbocycles. The Hall–Kier alpha value is -2.81. The number of aryl methyl sites for hydroxylation is 1. The summed E-state index contributed by atoms with van der Waals surface area (Å²) in [6.45, 7) is 8.15. The summed E-state index contributed by atoms with van der Waals surface area (Å²) in [7, 11) is 0. The monoisotopic (exact) mass is 447 g/mol. The molecule has 1 fully saturated rings. The van der Waals surface area contributed by atoms with Crippen molar-refractivity contribution in [3.05, 3.63) is 65.8 Å². The third-order valence-corrected chi connectivity index (χ3v) is 6.51. The van der Waals surface area contributed by atoms with Gasteiger partial charge in [-0.15, -0.1) is 10.2 Å². The predicted molar refractivity (Wildman–Crippen MR) is 124 cm³/mol. The number of benzene rings is 2. The Bertz CT molecular complexity index is 1220. The maximum Gasteiger partial charge on any atom is 0.247 e. The molecule has 0 aliphatic carbocycles. The minimum Gasteiger partial charge on any atom is -0.419 e. The number of ether oxygens (including phenoxy) is 1. The number of para-hydroxylation sites is 1. The molecule has 5 rings (SSSR count). The minimum absolute atomic E-state index is 0.0457. The lowest BCUT2D eigenvalue weighted by Gasteiger charge is -2.26. The van der Waals surface area contributed by atoms with Crippen LogP contribution in [0.25, 0.3) is 22.4 Å². The van der Waals surface area contributed by atoms with Crippen LogP contribution in [0.15, 0.2) is 58.0 Å². The van der Waals surface area contributed by atoms with Gasteiger partial charge in [-0.2, -0.15) is 0 Å². The Morgan fingerprint density at radius 3 is 2.72 bits per heavy atom. The van der Waals surface area contributed by atoms with E-state index in [1.165, 1.54) is 0 Å². The highest BCUT2D eigenvalue weighted by molar-refractivity contribution is 7.99. The highest BCUT2D eigenvalue weighted by Gasteiger charge is 2.20. The van der Waals surface area contributed by atoms with E-state index in [9.17, 15) is 0 Å². The second-order valence-corrected chi connectivity index (χ2v) is 9.26. The van der Waals surface area contributed by atoms with Gasteiger partial charge in [-0.25, -0.2) is 9.97 Å². The molecular weight excluding hydrogens is 422 g/mol. The SMILES string of the molecule is Cc1cccc(-c2nnc([C@@H](C)Sc3nc(CN4CCOCC4)nc4ccccc34)o2)c1. The highest BCUT2D eigenvalue weighted by Crippen LogP contribution is 2.37. The van der Waals surface area contributed by atoms with Gasteiger partial charge in [-0.1, -0.05) is 47.7 Å². The van der Waals surface area contributed by atoms with Gasteiger partial charge in [0.2, 0.25) is 11.8 Å². The quantitative estimate of drug-likeness (QED) is 0.312. The van der Waals surface area contributed by atoms with Crippen LogP contribution in [0.3, 0.4) is 0 Å². The molecule has 0 radical (unpaired) electrons. The third-order valence-electron chi connectivity index (χ3n) is 5.43. The van der Waals surface area contributed by atoms with Crippen LogP contribution in [0.2, 0.25) is 0 Å². The zero-order valence-electron chi connectivity index (χ0n) is 18.2. The van der Waals surface area contributed by atoms with Crippen molar-refractivity contribution >= 4 is 22.7 Å².